The number of pyridine rings is 1. The topological polar surface area (TPSA) is 30.7 Å². The van der Waals surface area contributed by atoms with Gasteiger partial charge in [0.25, 0.3) is 0 Å². The van der Waals surface area contributed by atoms with Crippen LogP contribution in [0, 0.1) is 6.92 Å². The molecule has 0 aliphatic heterocycles. The van der Waals surface area contributed by atoms with Gasteiger partial charge in [0.15, 0.2) is 5.65 Å². The van der Waals surface area contributed by atoms with Gasteiger partial charge in [-0.1, -0.05) is 29.8 Å². The molecule has 0 bridgehead atoms. The average molecular weight is 272 g/mol. The Morgan fingerprint density at radius 3 is 2.68 bits per heavy atom. The van der Waals surface area contributed by atoms with Crippen LogP contribution < -0.4 is 0 Å². The highest BCUT2D eigenvalue weighted by atomic mass is 35.5. The van der Waals surface area contributed by atoms with Crippen LogP contribution in [0.2, 0.25) is 0 Å². The normalized spacial score (nSPS) is 11.1. The van der Waals surface area contributed by atoms with Crippen molar-refractivity contribution in [2.75, 3.05) is 0 Å². The van der Waals surface area contributed by atoms with E-state index in [0.29, 0.717) is 5.88 Å². The molecule has 0 saturated heterocycles. The number of rotatable bonds is 3. The fraction of sp³-hybridized carbons (Fsp3) is 0.200. The zero-order valence-electron chi connectivity index (χ0n) is 10.7. The summed E-state index contributed by atoms with van der Waals surface area (Å²) in [6.45, 7) is 2.83. The molecule has 3 aromatic rings. The predicted octanol–water partition coefficient (Wildman–Crippen LogP) is 3.53. The van der Waals surface area contributed by atoms with Crippen molar-refractivity contribution >= 4 is 22.8 Å². The number of aromatic nitrogens is 3. The second-order valence-electron chi connectivity index (χ2n) is 4.58. The first kappa shape index (κ1) is 12.2. The van der Waals surface area contributed by atoms with Crippen molar-refractivity contribution in [2.45, 2.75) is 19.3 Å². The van der Waals surface area contributed by atoms with Crippen LogP contribution in [0.25, 0.3) is 11.2 Å². The molecule has 0 aliphatic rings. The molecule has 3 nitrogen and oxygen atoms in total. The van der Waals surface area contributed by atoms with Crippen LogP contribution in [-0.2, 0) is 12.4 Å². The number of halogens is 1. The predicted molar refractivity (Wildman–Crippen MR) is 77.4 cm³/mol. The zero-order valence-corrected chi connectivity index (χ0v) is 11.4. The Labute approximate surface area is 116 Å². The number of hydrogen-bond donors (Lipinski definition) is 0. The van der Waals surface area contributed by atoms with Gasteiger partial charge in [-0.05, 0) is 24.6 Å². The van der Waals surface area contributed by atoms with Crippen molar-refractivity contribution < 1.29 is 0 Å². The van der Waals surface area contributed by atoms with Crippen LogP contribution in [-0.4, -0.2) is 14.5 Å². The van der Waals surface area contributed by atoms with E-state index in [1.54, 1.807) is 6.20 Å². The molecule has 19 heavy (non-hydrogen) atoms. The van der Waals surface area contributed by atoms with Gasteiger partial charge in [-0.15, -0.1) is 11.6 Å². The summed E-state index contributed by atoms with van der Waals surface area (Å²) >= 11 is 5.98. The molecule has 0 atom stereocenters. The molecular weight excluding hydrogens is 258 g/mol. The van der Waals surface area contributed by atoms with Gasteiger partial charge in [0.2, 0.25) is 0 Å². The zero-order chi connectivity index (χ0) is 13.2. The smallest absolute Gasteiger partial charge is 0.160 e. The maximum Gasteiger partial charge on any atom is 0.160 e. The minimum atomic E-state index is 0.391. The SMILES string of the molecule is Cc1ccc(Cn2c(CCl)nc3cccnc32)cc1. The lowest BCUT2D eigenvalue weighted by molar-refractivity contribution is 0.770. The first-order valence-electron chi connectivity index (χ1n) is 6.19. The van der Waals surface area contributed by atoms with Crippen LogP contribution in [0.4, 0.5) is 0 Å². The van der Waals surface area contributed by atoms with Crippen LogP contribution in [0.1, 0.15) is 17.0 Å². The molecule has 0 unspecified atom stereocenters. The number of fused-ring (bicyclic) bond motifs is 1. The fourth-order valence-corrected chi connectivity index (χ4v) is 2.35. The van der Waals surface area contributed by atoms with E-state index in [1.165, 1.54) is 11.1 Å². The van der Waals surface area contributed by atoms with Crippen molar-refractivity contribution in [2.24, 2.45) is 0 Å². The minimum absolute atomic E-state index is 0.391. The highest BCUT2D eigenvalue weighted by Crippen LogP contribution is 2.17. The number of aryl methyl sites for hydroxylation is 1. The Morgan fingerprint density at radius 1 is 1.16 bits per heavy atom. The van der Waals surface area contributed by atoms with E-state index in [0.717, 1.165) is 23.5 Å². The molecule has 96 valence electrons. The number of imidazole rings is 1. The van der Waals surface area contributed by atoms with Gasteiger partial charge in [0.1, 0.15) is 11.3 Å². The maximum absolute atomic E-state index is 5.98. The van der Waals surface area contributed by atoms with E-state index in [2.05, 4.69) is 45.7 Å². The third-order valence-corrected chi connectivity index (χ3v) is 3.40. The first-order chi connectivity index (χ1) is 9.28. The van der Waals surface area contributed by atoms with Crippen LogP contribution in [0.5, 0.6) is 0 Å². The van der Waals surface area contributed by atoms with E-state index in [9.17, 15) is 0 Å². The van der Waals surface area contributed by atoms with Crippen LogP contribution in [0.15, 0.2) is 42.6 Å². The van der Waals surface area contributed by atoms with Crippen LogP contribution in [0.3, 0.4) is 0 Å². The van der Waals surface area contributed by atoms with Gasteiger partial charge >= 0.3 is 0 Å². The fourth-order valence-electron chi connectivity index (χ4n) is 2.15. The molecule has 1 aromatic carbocycles. The summed E-state index contributed by atoms with van der Waals surface area (Å²) in [6, 6.07) is 12.3. The summed E-state index contributed by atoms with van der Waals surface area (Å²) in [5, 5.41) is 0. The number of benzene rings is 1. The average Bonchev–Trinajstić information content (AvgIpc) is 2.79. The Kier molecular flexibility index (Phi) is 3.22. The molecule has 2 aromatic heterocycles. The molecule has 0 saturated carbocycles. The minimum Gasteiger partial charge on any atom is -0.307 e. The standard InChI is InChI=1S/C15H14ClN3/c1-11-4-6-12(7-5-11)10-19-14(9-16)18-13-3-2-8-17-15(13)19/h2-8H,9-10H2,1H3. The lowest BCUT2D eigenvalue weighted by Gasteiger charge is -2.07. The van der Waals surface area contributed by atoms with Gasteiger partial charge < -0.3 is 4.57 Å². The largest absolute Gasteiger partial charge is 0.307 e. The Morgan fingerprint density at radius 2 is 1.95 bits per heavy atom. The summed E-state index contributed by atoms with van der Waals surface area (Å²) in [4.78, 5) is 8.92. The third kappa shape index (κ3) is 2.34. The molecule has 4 heteroatoms. The molecule has 0 radical (unpaired) electrons. The maximum atomic E-state index is 5.98. The molecule has 3 rings (SSSR count). The Balaban J connectivity index is 2.06. The van der Waals surface area contributed by atoms with Crippen molar-refractivity contribution in [1.82, 2.24) is 14.5 Å². The molecule has 0 fully saturated rings. The summed E-state index contributed by atoms with van der Waals surface area (Å²) < 4.78 is 2.08. The van der Waals surface area contributed by atoms with E-state index in [-0.39, 0.29) is 0 Å². The van der Waals surface area contributed by atoms with E-state index in [4.69, 9.17) is 11.6 Å². The van der Waals surface area contributed by atoms with E-state index >= 15 is 0 Å². The van der Waals surface area contributed by atoms with Crippen LogP contribution >= 0.6 is 11.6 Å². The number of alkyl halides is 1. The highest BCUT2D eigenvalue weighted by Gasteiger charge is 2.10. The van der Waals surface area contributed by atoms with Gasteiger partial charge in [-0.3, -0.25) is 0 Å². The first-order valence-corrected chi connectivity index (χ1v) is 6.73. The number of hydrogen-bond acceptors (Lipinski definition) is 2. The summed E-state index contributed by atoms with van der Waals surface area (Å²) in [5.74, 6) is 1.25. The molecular formula is C15H14ClN3. The van der Waals surface area contributed by atoms with Crippen molar-refractivity contribution in [3.63, 3.8) is 0 Å². The lowest BCUT2D eigenvalue weighted by Crippen LogP contribution is -2.04. The summed E-state index contributed by atoms with van der Waals surface area (Å²) in [7, 11) is 0. The molecule has 0 N–H and O–H groups in total. The summed E-state index contributed by atoms with van der Waals surface area (Å²) in [6.07, 6.45) is 1.79. The second kappa shape index (κ2) is 5.02. The van der Waals surface area contributed by atoms with Gasteiger partial charge in [-0.25, -0.2) is 9.97 Å². The summed E-state index contributed by atoms with van der Waals surface area (Å²) in [5.41, 5.74) is 4.26. The highest BCUT2D eigenvalue weighted by molar-refractivity contribution is 6.16. The van der Waals surface area contributed by atoms with Crippen molar-refractivity contribution in [1.29, 1.82) is 0 Å². The number of nitrogens with zero attached hydrogens (tertiary/aromatic N) is 3. The molecule has 0 aliphatic carbocycles. The van der Waals surface area contributed by atoms with Crippen molar-refractivity contribution in [3.8, 4) is 0 Å². The Hall–Kier alpha value is -1.87. The third-order valence-electron chi connectivity index (χ3n) is 3.16. The quantitative estimate of drug-likeness (QED) is 0.683. The monoisotopic (exact) mass is 271 g/mol. The molecule has 0 amide bonds. The van der Waals surface area contributed by atoms with E-state index in [1.807, 2.05) is 12.1 Å². The van der Waals surface area contributed by atoms with Gasteiger partial charge in [0.05, 0.1) is 12.4 Å². The van der Waals surface area contributed by atoms with E-state index < -0.39 is 0 Å². The second-order valence-corrected chi connectivity index (χ2v) is 4.85. The Bertz CT molecular complexity index is 701. The van der Waals surface area contributed by atoms with Gasteiger partial charge in [0, 0.05) is 6.20 Å². The lowest BCUT2D eigenvalue weighted by atomic mass is 10.1. The van der Waals surface area contributed by atoms with Crippen molar-refractivity contribution in [3.05, 3.63) is 59.5 Å². The molecule has 2 heterocycles. The molecule has 0 spiro atoms. The van der Waals surface area contributed by atoms with Gasteiger partial charge in [-0.2, -0.15) is 0 Å².